The Morgan fingerprint density at radius 1 is 1.16 bits per heavy atom. The van der Waals surface area contributed by atoms with Gasteiger partial charge in [0.1, 0.15) is 0 Å². The molecular formula is C13H17N3O3. The Bertz CT molecular complexity index is 470. The zero-order chi connectivity index (χ0) is 13.7. The van der Waals surface area contributed by atoms with Gasteiger partial charge in [-0.1, -0.05) is 6.07 Å². The second-order valence-electron chi connectivity index (χ2n) is 4.29. The van der Waals surface area contributed by atoms with E-state index in [1.54, 1.807) is 29.2 Å². The third-order valence-corrected chi connectivity index (χ3v) is 2.73. The lowest BCUT2D eigenvalue weighted by atomic mass is 10.2. The fraction of sp³-hybridized carbons (Fsp3) is 0.385. The molecule has 0 atom stereocenters. The summed E-state index contributed by atoms with van der Waals surface area (Å²) in [7, 11) is 0. The van der Waals surface area contributed by atoms with Crippen molar-refractivity contribution < 1.29 is 14.3 Å². The number of urea groups is 1. The maximum absolute atomic E-state index is 12.0. The number of nitrogens with one attached hydrogen (secondary N) is 2. The number of hydrogen-bond donors (Lipinski definition) is 2. The Hall–Kier alpha value is -2.08. The molecule has 0 radical (unpaired) electrons. The standard InChI is InChI=1S/C13H17N3O3/c1-10(17)14-11-3-2-4-12(9-11)15-13(18)16-5-7-19-8-6-16/h2-4,9H,5-8H2,1H3,(H,14,17)(H,15,18). The van der Waals surface area contributed by atoms with Crippen molar-refractivity contribution in [1.29, 1.82) is 0 Å². The number of nitrogens with zero attached hydrogens (tertiary/aromatic N) is 1. The molecule has 2 rings (SSSR count). The van der Waals surface area contributed by atoms with Crippen LogP contribution in [0, 0.1) is 0 Å². The van der Waals surface area contributed by atoms with Gasteiger partial charge in [-0.3, -0.25) is 4.79 Å². The average molecular weight is 263 g/mol. The van der Waals surface area contributed by atoms with Gasteiger partial charge in [-0.05, 0) is 18.2 Å². The highest BCUT2D eigenvalue weighted by Gasteiger charge is 2.16. The van der Waals surface area contributed by atoms with E-state index in [-0.39, 0.29) is 11.9 Å². The van der Waals surface area contributed by atoms with Crippen molar-refractivity contribution in [2.24, 2.45) is 0 Å². The van der Waals surface area contributed by atoms with Crippen LogP contribution < -0.4 is 10.6 Å². The Kier molecular flexibility index (Phi) is 4.35. The number of carbonyl (C=O) groups is 2. The van der Waals surface area contributed by atoms with Crippen molar-refractivity contribution in [2.75, 3.05) is 36.9 Å². The maximum atomic E-state index is 12.0. The van der Waals surface area contributed by atoms with Crippen molar-refractivity contribution in [3.8, 4) is 0 Å². The minimum atomic E-state index is -0.150. The van der Waals surface area contributed by atoms with Gasteiger partial charge in [0, 0.05) is 31.4 Å². The smallest absolute Gasteiger partial charge is 0.322 e. The number of amides is 3. The van der Waals surface area contributed by atoms with Crippen LogP contribution in [0.3, 0.4) is 0 Å². The molecule has 1 aliphatic heterocycles. The van der Waals surface area contributed by atoms with Gasteiger partial charge in [-0.25, -0.2) is 4.79 Å². The number of anilines is 2. The molecule has 1 fully saturated rings. The normalized spacial score (nSPS) is 14.9. The molecule has 1 aliphatic rings. The molecule has 1 aromatic carbocycles. The van der Waals surface area contributed by atoms with E-state index in [9.17, 15) is 9.59 Å². The second kappa shape index (κ2) is 6.19. The molecule has 0 unspecified atom stereocenters. The molecular weight excluding hydrogens is 246 g/mol. The number of rotatable bonds is 2. The Balaban J connectivity index is 1.97. The van der Waals surface area contributed by atoms with Gasteiger partial charge in [0.25, 0.3) is 0 Å². The largest absolute Gasteiger partial charge is 0.378 e. The van der Waals surface area contributed by atoms with E-state index >= 15 is 0 Å². The first kappa shape index (κ1) is 13.4. The lowest BCUT2D eigenvalue weighted by Gasteiger charge is -2.27. The third kappa shape index (κ3) is 3.96. The number of carbonyl (C=O) groups excluding carboxylic acids is 2. The molecule has 3 amide bonds. The number of morpholine rings is 1. The molecule has 6 nitrogen and oxygen atoms in total. The molecule has 2 N–H and O–H groups in total. The highest BCUT2D eigenvalue weighted by atomic mass is 16.5. The Morgan fingerprint density at radius 3 is 2.42 bits per heavy atom. The van der Waals surface area contributed by atoms with Crippen LogP contribution in [0.4, 0.5) is 16.2 Å². The zero-order valence-corrected chi connectivity index (χ0v) is 10.8. The van der Waals surface area contributed by atoms with Gasteiger partial charge < -0.3 is 20.3 Å². The molecule has 1 aromatic rings. The zero-order valence-electron chi connectivity index (χ0n) is 10.8. The average Bonchev–Trinajstić information content (AvgIpc) is 2.39. The molecule has 19 heavy (non-hydrogen) atoms. The SMILES string of the molecule is CC(=O)Nc1cccc(NC(=O)N2CCOCC2)c1. The molecule has 0 saturated carbocycles. The number of hydrogen-bond acceptors (Lipinski definition) is 3. The quantitative estimate of drug-likeness (QED) is 0.849. The molecule has 0 aromatic heterocycles. The second-order valence-corrected chi connectivity index (χ2v) is 4.29. The monoisotopic (exact) mass is 263 g/mol. The van der Waals surface area contributed by atoms with Gasteiger partial charge in [0.2, 0.25) is 5.91 Å². The van der Waals surface area contributed by atoms with Crippen molar-refractivity contribution in [1.82, 2.24) is 4.90 Å². The van der Waals surface area contributed by atoms with Crippen LogP contribution in [0.1, 0.15) is 6.92 Å². The highest BCUT2D eigenvalue weighted by Crippen LogP contribution is 2.15. The summed E-state index contributed by atoms with van der Waals surface area (Å²) in [5, 5.41) is 5.48. The third-order valence-electron chi connectivity index (χ3n) is 2.73. The van der Waals surface area contributed by atoms with E-state index in [0.29, 0.717) is 37.7 Å². The summed E-state index contributed by atoms with van der Waals surface area (Å²) in [5.41, 5.74) is 1.31. The summed E-state index contributed by atoms with van der Waals surface area (Å²) in [4.78, 5) is 24.6. The number of ether oxygens (including phenoxy) is 1. The van der Waals surface area contributed by atoms with Crippen LogP contribution in [-0.4, -0.2) is 43.1 Å². The van der Waals surface area contributed by atoms with Crippen LogP contribution in [0.5, 0.6) is 0 Å². The summed E-state index contributed by atoms with van der Waals surface area (Å²) in [6.07, 6.45) is 0. The van der Waals surface area contributed by atoms with E-state index in [2.05, 4.69) is 10.6 Å². The molecule has 0 aliphatic carbocycles. The Morgan fingerprint density at radius 2 is 1.79 bits per heavy atom. The molecule has 1 heterocycles. The van der Waals surface area contributed by atoms with E-state index in [1.165, 1.54) is 6.92 Å². The Labute approximate surface area is 111 Å². The van der Waals surface area contributed by atoms with Crippen LogP contribution in [0.25, 0.3) is 0 Å². The van der Waals surface area contributed by atoms with Gasteiger partial charge in [0.05, 0.1) is 13.2 Å². The fourth-order valence-electron chi connectivity index (χ4n) is 1.85. The highest BCUT2D eigenvalue weighted by molar-refractivity contribution is 5.92. The van der Waals surface area contributed by atoms with Gasteiger partial charge in [-0.2, -0.15) is 0 Å². The lowest BCUT2D eigenvalue weighted by molar-refractivity contribution is -0.114. The van der Waals surface area contributed by atoms with Gasteiger partial charge >= 0.3 is 6.03 Å². The van der Waals surface area contributed by atoms with E-state index in [1.807, 2.05) is 0 Å². The summed E-state index contributed by atoms with van der Waals surface area (Å²) >= 11 is 0. The lowest BCUT2D eigenvalue weighted by Crippen LogP contribution is -2.43. The van der Waals surface area contributed by atoms with E-state index in [4.69, 9.17) is 4.74 Å². The minimum absolute atomic E-state index is 0.142. The van der Waals surface area contributed by atoms with Crippen molar-refractivity contribution in [3.05, 3.63) is 24.3 Å². The molecule has 0 spiro atoms. The maximum Gasteiger partial charge on any atom is 0.322 e. The van der Waals surface area contributed by atoms with Crippen molar-refractivity contribution in [3.63, 3.8) is 0 Å². The van der Waals surface area contributed by atoms with Crippen LogP contribution >= 0.6 is 0 Å². The summed E-state index contributed by atoms with van der Waals surface area (Å²) in [5.74, 6) is -0.142. The summed E-state index contributed by atoms with van der Waals surface area (Å²) in [6, 6.07) is 6.90. The van der Waals surface area contributed by atoms with Crippen LogP contribution in [-0.2, 0) is 9.53 Å². The first-order chi connectivity index (χ1) is 9.15. The van der Waals surface area contributed by atoms with Gasteiger partial charge in [-0.15, -0.1) is 0 Å². The van der Waals surface area contributed by atoms with Crippen molar-refractivity contribution in [2.45, 2.75) is 6.92 Å². The van der Waals surface area contributed by atoms with Crippen molar-refractivity contribution >= 4 is 23.3 Å². The predicted octanol–water partition coefficient (Wildman–Crippen LogP) is 1.51. The summed E-state index contributed by atoms with van der Waals surface area (Å²) in [6.45, 7) is 3.77. The van der Waals surface area contributed by atoms with Crippen LogP contribution in [0.2, 0.25) is 0 Å². The topological polar surface area (TPSA) is 70.7 Å². The van der Waals surface area contributed by atoms with E-state index < -0.39 is 0 Å². The minimum Gasteiger partial charge on any atom is -0.378 e. The first-order valence-corrected chi connectivity index (χ1v) is 6.16. The molecule has 6 heteroatoms. The molecule has 1 saturated heterocycles. The predicted molar refractivity (Wildman–Crippen MR) is 72.2 cm³/mol. The van der Waals surface area contributed by atoms with Crippen LogP contribution in [0.15, 0.2) is 24.3 Å². The molecule has 102 valence electrons. The summed E-state index contributed by atoms with van der Waals surface area (Å²) < 4.78 is 5.19. The fourth-order valence-corrected chi connectivity index (χ4v) is 1.85. The van der Waals surface area contributed by atoms with E-state index in [0.717, 1.165) is 0 Å². The molecule has 0 bridgehead atoms. The first-order valence-electron chi connectivity index (χ1n) is 6.16. The number of benzene rings is 1. The van der Waals surface area contributed by atoms with Gasteiger partial charge in [0.15, 0.2) is 0 Å².